The van der Waals surface area contributed by atoms with Crippen molar-refractivity contribution in [3.8, 4) is 0 Å². The van der Waals surface area contributed by atoms with E-state index < -0.39 is 0 Å². The van der Waals surface area contributed by atoms with E-state index >= 15 is 0 Å². The van der Waals surface area contributed by atoms with Crippen LogP contribution >= 0.6 is 0 Å². The van der Waals surface area contributed by atoms with E-state index in [0.29, 0.717) is 11.5 Å². The van der Waals surface area contributed by atoms with E-state index in [1.54, 1.807) is 6.21 Å². The SMILES string of the molecule is C=C(N=C/C=C(\N)c1c(C(C)C)nn2ccccc12)NCCCN1CCN(C)CC1. The number of hydrogen-bond acceptors (Lipinski definition) is 6. The van der Waals surface area contributed by atoms with Crippen LogP contribution in [-0.4, -0.2) is 71.9 Å². The Balaban J connectivity index is 1.52. The van der Waals surface area contributed by atoms with Crippen LogP contribution in [0.2, 0.25) is 0 Å². The standard InChI is InChI=1S/C23H35N7/c1-18(2)23-22(21-8-5-6-13-30(21)27-23)20(24)9-11-26-19(3)25-10-7-12-29-16-14-28(4)15-17-29/h5-6,8-9,11,13,18,25H,3,7,10,12,14-17,24H2,1-2,4H3/b20-9-,26-11?. The summed E-state index contributed by atoms with van der Waals surface area (Å²) in [6.07, 6.45) is 6.56. The topological polar surface area (TPSA) is 74.2 Å². The second-order valence-corrected chi connectivity index (χ2v) is 8.22. The van der Waals surface area contributed by atoms with Gasteiger partial charge in [-0.1, -0.05) is 26.5 Å². The normalized spacial score (nSPS) is 16.7. The Hall–Kier alpha value is -2.64. The summed E-state index contributed by atoms with van der Waals surface area (Å²) in [4.78, 5) is 9.28. The van der Waals surface area contributed by atoms with Gasteiger partial charge in [0.2, 0.25) is 0 Å². The smallest absolute Gasteiger partial charge is 0.118 e. The summed E-state index contributed by atoms with van der Waals surface area (Å²) < 4.78 is 1.88. The molecule has 0 unspecified atom stereocenters. The predicted octanol–water partition coefficient (Wildman–Crippen LogP) is 2.53. The molecule has 0 aromatic carbocycles. The molecule has 2 aromatic heterocycles. The minimum atomic E-state index is 0.278. The van der Waals surface area contributed by atoms with E-state index in [9.17, 15) is 0 Å². The van der Waals surface area contributed by atoms with Crippen molar-refractivity contribution in [3.05, 3.63) is 54.1 Å². The van der Waals surface area contributed by atoms with Crippen LogP contribution in [0.3, 0.4) is 0 Å². The van der Waals surface area contributed by atoms with Gasteiger partial charge in [0.05, 0.1) is 11.2 Å². The number of nitrogens with two attached hydrogens (primary N) is 1. The van der Waals surface area contributed by atoms with E-state index in [1.807, 2.05) is 35.0 Å². The number of aromatic nitrogens is 2. The van der Waals surface area contributed by atoms with Crippen molar-refractivity contribution in [2.24, 2.45) is 10.7 Å². The van der Waals surface area contributed by atoms with Gasteiger partial charge in [0.25, 0.3) is 0 Å². The van der Waals surface area contributed by atoms with Crippen molar-refractivity contribution >= 4 is 17.4 Å². The minimum absolute atomic E-state index is 0.278. The third kappa shape index (κ3) is 5.70. The molecule has 7 nitrogen and oxygen atoms in total. The lowest BCUT2D eigenvalue weighted by Gasteiger charge is -2.32. The molecule has 0 bridgehead atoms. The number of fused-ring (bicyclic) bond motifs is 1. The van der Waals surface area contributed by atoms with Crippen molar-refractivity contribution in [1.82, 2.24) is 24.7 Å². The molecule has 0 amide bonds. The second kappa shape index (κ2) is 10.4. The number of rotatable bonds is 9. The number of allylic oxidation sites excluding steroid dienone is 1. The monoisotopic (exact) mass is 409 g/mol. The van der Waals surface area contributed by atoms with Crippen molar-refractivity contribution in [2.45, 2.75) is 26.2 Å². The number of piperazine rings is 1. The van der Waals surface area contributed by atoms with Gasteiger partial charge in [0.15, 0.2) is 0 Å². The van der Waals surface area contributed by atoms with Gasteiger partial charge in [-0.3, -0.25) is 0 Å². The summed E-state index contributed by atoms with van der Waals surface area (Å²) in [6, 6.07) is 6.00. The van der Waals surface area contributed by atoms with Crippen molar-refractivity contribution in [2.75, 3.05) is 46.3 Å². The molecule has 1 aliphatic heterocycles. The molecule has 0 aliphatic carbocycles. The first kappa shape index (κ1) is 22.1. The number of nitrogens with zero attached hydrogens (tertiary/aromatic N) is 5. The third-order valence-corrected chi connectivity index (χ3v) is 5.46. The highest BCUT2D eigenvalue weighted by Crippen LogP contribution is 2.26. The molecule has 1 fully saturated rings. The number of aliphatic imine (C=N–C) groups is 1. The largest absolute Gasteiger partial charge is 0.398 e. The molecule has 3 rings (SSSR count). The molecular formula is C23H35N7. The zero-order chi connectivity index (χ0) is 21.5. The van der Waals surface area contributed by atoms with Gasteiger partial charge in [-0.25, -0.2) is 9.51 Å². The summed E-state index contributed by atoms with van der Waals surface area (Å²) in [7, 11) is 2.18. The maximum atomic E-state index is 6.40. The lowest BCUT2D eigenvalue weighted by Crippen LogP contribution is -2.45. The average molecular weight is 410 g/mol. The molecule has 7 heteroatoms. The number of pyridine rings is 1. The van der Waals surface area contributed by atoms with Crippen LogP contribution in [0.5, 0.6) is 0 Å². The summed E-state index contributed by atoms with van der Waals surface area (Å²) in [5.41, 5.74) is 10.0. The maximum absolute atomic E-state index is 6.40. The van der Waals surface area contributed by atoms with Gasteiger partial charge in [-0.15, -0.1) is 0 Å². The summed E-state index contributed by atoms with van der Waals surface area (Å²) >= 11 is 0. The summed E-state index contributed by atoms with van der Waals surface area (Å²) in [5.74, 6) is 0.932. The van der Waals surface area contributed by atoms with E-state index in [2.05, 4.69) is 52.7 Å². The Morgan fingerprint density at radius 1 is 1.30 bits per heavy atom. The Bertz CT molecular complexity index is 901. The fourth-order valence-corrected chi connectivity index (χ4v) is 3.66. The molecule has 1 aliphatic rings. The van der Waals surface area contributed by atoms with Crippen LogP contribution in [0.4, 0.5) is 0 Å². The molecule has 162 valence electrons. The van der Waals surface area contributed by atoms with Gasteiger partial charge >= 0.3 is 0 Å². The first-order valence-corrected chi connectivity index (χ1v) is 10.8. The van der Waals surface area contributed by atoms with Crippen LogP contribution < -0.4 is 11.1 Å². The highest BCUT2D eigenvalue weighted by Gasteiger charge is 2.17. The van der Waals surface area contributed by atoms with E-state index in [0.717, 1.165) is 62.5 Å². The molecular weight excluding hydrogens is 374 g/mol. The van der Waals surface area contributed by atoms with Crippen LogP contribution in [0.25, 0.3) is 11.2 Å². The van der Waals surface area contributed by atoms with E-state index in [1.165, 1.54) is 0 Å². The molecule has 1 saturated heterocycles. The first-order valence-electron chi connectivity index (χ1n) is 10.8. The van der Waals surface area contributed by atoms with Crippen molar-refractivity contribution in [1.29, 1.82) is 0 Å². The van der Waals surface area contributed by atoms with E-state index in [4.69, 9.17) is 5.73 Å². The van der Waals surface area contributed by atoms with Crippen LogP contribution in [0.15, 0.2) is 47.9 Å². The molecule has 3 heterocycles. The quantitative estimate of drug-likeness (QED) is 0.492. The number of nitrogens with one attached hydrogen (secondary N) is 1. The predicted molar refractivity (Wildman–Crippen MR) is 126 cm³/mol. The number of hydrogen-bond donors (Lipinski definition) is 2. The van der Waals surface area contributed by atoms with Gasteiger partial charge in [0, 0.05) is 56.4 Å². The van der Waals surface area contributed by atoms with Crippen molar-refractivity contribution in [3.63, 3.8) is 0 Å². The fraction of sp³-hybridized carbons (Fsp3) is 0.478. The number of likely N-dealkylation sites (N-methyl/N-ethyl adjacent to an activating group) is 1. The zero-order valence-corrected chi connectivity index (χ0v) is 18.5. The highest BCUT2D eigenvalue weighted by atomic mass is 15.2. The Morgan fingerprint density at radius 2 is 2.07 bits per heavy atom. The molecule has 0 spiro atoms. The van der Waals surface area contributed by atoms with Crippen LogP contribution in [0, 0.1) is 0 Å². The lowest BCUT2D eigenvalue weighted by molar-refractivity contribution is 0.153. The Labute approximate surface area is 179 Å². The molecule has 30 heavy (non-hydrogen) atoms. The van der Waals surface area contributed by atoms with Crippen LogP contribution in [0.1, 0.15) is 37.4 Å². The molecule has 0 atom stereocenters. The zero-order valence-electron chi connectivity index (χ0n) is 18.5. The lowest BCUT2D eigenvalue weighted by atomic mass is 10.0. The van der Waals surface area contributed by atoms with E-state index in [-0.39, 0.29) is 5.92 Å². The minimum Gasteiger partial charge on any atom is -0.398 e. The van der Waals surface area contributed by atoms with Gasteiger partial charge in [-0.05, 0) is 44.1 Å². The van der Waals surface area contributed by atoms with Gasteiger partial charge < -0.3 is 20.9 Å². The fourth-order valence-electron chi connectivity index (χ4n) is 3.66. The molecule has 0 saturated carbocycles. The molecule has 0 radical (unpaired) electrons. The maximum Gasteiger partial charge on any atom is 0.118 e. The summed E-state index contributed by atoms with van der Waals surface area (Å²) in [6.45, 7) is 14.8. The first-order chi connectivity index (χ1) is 14.5. The molecule has 3 N–H and O–H groups in total. The Kier molecular flexibility index (Phi) is 7.65. The average Bonchev–Trinajstić information content (AvgIpc) is 3.12. The summed E-state index contributed by atoms with van der Waals surface area (Å²) in [5, 5.41) is 7.97. The van der Waals surface area contributed by atoms with Crippen molar-refractivity contribution < 1.29 is 0 Å². The Morgan fingerprint density at radius 3 is 2.80 bits per heavy atom. The van der Waals surface area contributed by atoms with Gasteiger partial charge in [0.1, 0.15) is 5.82 Å². The molecule has 2 aromatic rings. The highest BCUT2D eigenvalue weighted by molar-refractivity contribution is 5.89. The third-order valence-electron chi connectivity index (χ3n) is 5.46. The van der Waals surface area contributed by atoms with Crippen LogP contribution in [-0.2, 0) is 0 Å². The second-order valence-electron chi connectivity index (χ2n) is 8.22. The van der Waals surface area contributed by atoms with Gasteiger partial charge in [-0.2, -0.15) is 5.10 Å².